The highest BCUT2D eigenvalue weighted by Gasteiger charge is 2.28. The van der Waals surface area contributed by atoms with Crippen molar-refractivity contribution < 1.29 is 9.53 Å². The molecule has 2 aliphatic heterocycles. The molecule has 2 aliphatic rings. The zero-order valence-corrected chi connectivity index (χ0v) is 8.87. The van der Waals surface area contributed by atoms with Gasteiger partial charge in [-0.25, -0.2) is 0 Å². The molecule has 14 heavy (non-hydrogen) atoms. The minimum atomic E-state index is 0.143. The van der Waals surface area contributed by atoms with Crippen LogP contribution in [0.25, 0.3) is 0 Å². The molecule has 0 spiro atoms. The minimum Gasteiger partial charge on any atom is -0.380 e. The van der Waals surface area contributed by atoms with Crippen molar-refractivity contribution in [2.75, 3.05) is 26.3 Å². The van der Waals surface area contributed by atoms with Crippen molar-refractivity contribution in [2.45, 2.75) is 32.2 Å². The Morgan fingerprint density at radius 1 is 1.57 bits per heavy atom. The van der Waals surface area contributed by atoms with Gasteiger partial charge in [0, 0.05) is 19.0 Å². The predicted molar refractivity (Wildman–Crippen MR) is 54.2 cm³/mol. The van der Waals surface area contributed by atoms with Crippen molar-refractivity contribution in [3.63, 3.8) is 0 Å². The molecule has 0 amide bonds. The number of hydrogen-bond donors (Lipinski definition) is 0. The molecule has 2 heterocycles. The molecule has 2 saturated heterocycles. The highest BCUT2D eigenvalue weighted by atomic mass is 16.5. The van der Waals surface area contributed by atoms with Gasteiger partial charge in [0.1, 0.15) is 5.78 Å². The van der Waals surface area contributed by atoms with E-state index in [0.717, 1.165) is 13.1 Å². The summed E-state index contributed by atoms with van der Waals surface area (Å²) in [5.74, 6) is 0.541. The van der Waals surface area contributed by atoms with E-state index in [1.807, 2.05) is 0 Å². The van der Waals surface area contributed by atoms with E-state index in [2.05, 4.69) is 11.8 Å². The molecule has 0 aromatic rings. The number of ketones is 1. The van der Waals surface area contributed by atoms with E-state index in [1.54, 1.807) is 0 Å². The van der Waals surface area contributed by atoms with E-state index < -0.39 is 0 Å². The lowest BCUT2D eigenvalue weighted by Crippen LogP contribution is -2.39. The highest BCUT2D eigenvalue weighted by molar-refractivity contribution is 5.82. The third kappa shape index (κ3) is 2.15. The first-order valence-electron chi connectivity index (χ1n) is 5.62. The molecule has 2 unspecified atom stereocenters. The first-order chi connectivity index (χ1) is 6.77. The predicted octanol–water partition coefficient (Wildman–Crippen LogP) is 1.08. The quantitative estimate of drug-likeness (QED) is 0.663. The van der Waals surface area contributed by atoms with Crippen LogP contribution in [0.15, 0.2) is 0 Å². The Kier molecular flexibility index (Phi) is 3.19. The Bertz CT molecular complexity index is 217. The largest absolute Gasteiger partial charge is 0.380 e. The lowest BCUT2D eigenvalue weighted by Gasteiger charge is -2.28. The maximum absolute atomic E-state index is 11.6. The molecule has 2 atom stereocenters. The molecule has 2 fully saturated rings. The molecule has 0 aliphatic carbocycles. The van der Waals surface area contributed by atoms with Gasteiger partial charge >= 0.3 is 0 Å². The molecule has 0 N–H and O–H groups in total. The topological polar surface area (TPSA) is 29.5 Å². The van der Waals surface area contributed by atoms with Gasteiger partial charge in [0.15, 0.2) is 0 Å². The Hall–Kier alpha value is -0.410. The number of carbonyl (C=O) groups is 1. The summed E-state index contributed by atoms with van der Waals surface area (Å²) in [6.45, 7) is 5.60. The van der Waals surface area contributed by atoms with Gasteiger partial charge in [-0.3, -0.25) is 9.69 Å². The number of likely N-dealkylation sites (tertiary alicyclic amines) is 1. The van der Waals surface area contributed by atoms with Gasteiger partial charge in [-0.05, 0) is 26.3 Å². The van der Waals surface area contributed by atoms with Crippen LogP contribution in [0.1, 0.15) is 26.2 Å². The number of hydrogen-bond acceptors (Lipinski definition) is 3. The van der Waals surface area contributed by atoms with Gasteiger partial charge in [-0.2, -0.15) is 0 Å². The van der Waals surface area contributed by atoms with Crippen LogP contribution < -0.4 is 0 Å². The van der Waals surface area contributed by atoms with Crippen molar-refractivity contribution in [2.24, 2.45) is 5.92 Å². The summed E-state index contributed by atoms with van der Waals surface area (Å²) < 4.78 is 5.35. The third-order valence-electron chi connectivity index (χ3n) is 3.41. The van der Waals surface area contributed by atoms with Gasteiger partial charge in [0.05, 0.1) is 19.1 Å². The molecule has 3 nitrogen and oxygen atoms in total. The number of rotatable bonds is 2. The number of Topliss-reactive ketones (excluding diaryl/α,β-unsaturated/α-hetero) is 1. The van der Waals surface area contributed by atoms with Crippen LogP contribution in [0.4, 0.5) is 0 Å². The summed E-state index contributed by atoms with van der Waals surface area (Å²) in [7, 11) is 0. The van der Waals surface area contributed by atoms with Crippen LogP contribution >= 0.6 is 0 Å². The molecule has 0 aromatic carbocycles. The van der Waals surface area contributed by atoms with Gasteiger partial charge in [-0.15, -0.1) is 0 Å². The first kappa shape index (κ1) is 10.1. The van der Waals surface area contributed by atoms with Crippen LogP contribution in [0.2, 0.25) is 0 Å². The molecule has 0 radical (unpaired) electrons. The number of nitrogens with zero attached hydrogens (tertiary/aromatic N) is 1. The smallest absolute Gasteiger partial charge is 0.141 e. The standard InChI is InChI=1S/C11H19NO2/c1-9-3-2-5-12(9)7-10-8-14-6-4-11(10)13/h9-10H,2-8H2,1H3. The van der Waals surface area contributed by atoms with Crippen LogP contribution in [-0.4, -0.2) is 43.0 Å². The normalized spacial score (nSPS) is 35.1. The van der Waals surface area contributed by atoms with Crippen molar-refractivity contribution in [3.8, 4) is 0 Å². The fraction of sp³-hybridized carbons (Fsp3) is 0.909. The fourth-order valence-corrected chi connectivity index (χ4v) is 2.40. The average Bonchev–Trinajstić information content (AvgIpc) is 2.56. The van der Waals surface area contributed by atoms with E-state index in [0.29, 0.717) is 31.5 Å². The lowest BCUT2D eigenvalue weighted by molar-refractivity contribution is -0.131. The second-order valence-corrected chi connectivity index (χ2v) is 4.47. The van der Waals surface area contributed by atoms with Gasteiger partial charge in [0.25, 0.3) is 0 Å². The lowest BCUT2D eigenvalue weighted by atomic mass is 10.00. The Labute approximate surface area is 85.4 Å². The molecule has 2 rings (SSSR count). The third-order valence-corrected chi connectivity index (χ3v) is 3.41. The fourth-order valence-electron chi connectivity index (χ4n) is 2.40. The minimum absolute atomic E-state index is 0.143. The zero-order chi connectivity index (χ0) is 9.97. The van der Waals surface area contributed by atoms with Crippen LogP contribution in [0.3, 0.4) is 0 Å². The van der Waals surface area contributed by atoms with Crippen molar-refractivity contribution in [3.05, 3.63) is 0 Å². The second kappa shape index (κ2) is 4.41. The summed E-state index contributed by atoms with van der Waals surface area (Å²) in [5.41, 5.74) is 0. The van der Waals surface area contributed by atoms with Gasteiger partial charge in [-0.1, -0.05) is 0 Å². The molecular formula is C11H19NO2. The summed E-state index contributed by atoms with van der Waals surface area (Å²) in [6.07, 6.45) is 3.18. The van der Waals surface area contributed by atoms with Gasteiger partial charge < -0.3 is 4.74 Å². The van der Waals surface area contributed by atoms with Crippen LogP contribution in [-0.2, 0) is 9.53 Å². The molecule has 0 aromatic heterocycles. The zero-order valence-electron chi connectivity index (χ0n) is 8.87. The van der Waals surface area contributed by atoms with E-state index in [9.17, 15) is 4.79 Å². The summed E-state index contributed by atoms with van der Waals surface area (Å²) in [5, 5.41) is 0. The van der Waals surface area contributed by atoms with Crippen molar-refractivity contribution in [1.29, 1.82) is 0 Å². The highest BCUT2D eigenvalue weighted by Crippen LogP contribution is 2.20. The number of carbonyl (C=O) groups excluding carboxylic acids is 1. The Balaban J connectivity index is 1.86. The maximum Gasteiger partial charge on any atom is 0.141 e. The summed E-state index contributed by atoms with van der Waals surface area (Å²) in [4.78, 5) is 14.0. The van der Waals surface area contributed by atoms with Crippen molar-refractivity contribution >= 4 is 5.78 Å². The average molecular weight is 197 g/mol. The van der Waals surface area contributed by atoms with Crippen LogP contribution in [0, 0.1) is 5.92 Å². The number of ether oxygens (including phenoxy) is 1. The first-order valence-corrected chi connectivity index (χ1v) is 5.62. The maximum atomic E-state index is 11.6. The SMILES string of the molecule is CC1CCCN1CC1COCCC1=O. The Morgan fingerprint density at radius 3 is 3.07 bits per heavy atom. The summed E-state index contributed by atoms with van der Waals surface area (Å²) in [6, 6.07) is 0.657. The molecular weight excluding hydrogens is 178 g/mol. The molecule has 0 bridgehead atoms. The van der Waals surface area contributed by atoms with Gasteiger partial charge in [0.2, 0.25) is 0 Å². The van der Waals surface area contributed by atoms with Crippen LogP contribution in [0.5, 0.6) is 0 Å². The Morgan fingerprint density at radius 2 is 2.43 bits per heavy atom. The molecule has 80 valence electrons. The molecule has 3 heteroatoms. The van der Waals surface area contributed by atoms with E-state index in [-0.39, 0.29) is 5.92 Å². The van der Waals surface area contributed by atoms with E-state index in [4.69, 9.17) is 4.74 Å². The summed E-state index contributed by atoms with van der Waals surface area (Å²) >= 11 is 0. The van der Waals surface area contributed by atoms with E-state index >= 15 is 0 Å². The second-order valence-electron chi connectivity index (χ2n) is 4.47. The van der Waals surface area contributed by atoms with E-state index in [1.165, 1.54) is 12.8 Å². The molecule has 0 saturated carbocycles. The monoisotopic (exact) mass is 197 g/mol. The van der Waals surface area contributed by atoms with Crippen molar-refractivity contribution in [1.82, 2.24) is 4.90 Å².